The molecule has 2 nitrogen and oxygen atoms in total. The fourth-order valence-corrected chi connectivity index (χ4v) is 4.36. The van der Waals surface area contributed by atoms with E-state index in [0.29, 0.717) is 12.0 Å². The topological polar surface area (TPSA) is 21.3 Å². The monoisotopic (exact) mass is 345 g/mol. The molecule has 0 radical (unpaired) electrons. The van der Waals surface area contributed by atoms with Gasteiger partial charge in [-0.1, -0.05) is 13.8 Å². The number of nitrogens with one attached hydrogen (secondary N) is 1. The molecule has 1 saturated heterocycles. The summed E-state index contributed by atoms with van der Waals surface area (Å²) in [5.74, 6) is 0.700. The van der Waals surface area contributed by atoms with Crippen molar-refractivity contribution in [2.24, 2.45) is 11.3 Å². The maximum absolute atomic E-state index is 5.86. The number of rotatable bonds is 6. The number of ether oxygens (including phenoxy) is 1. The van der Waals surface area contributed by atoms with E-state index in [4.69, 9.17) is 4.74 Å². The Morgan fingerprint density at radius 1 is 1.58 bits per heavy atom. The molecular formula is C15H24BrNOS. The lowest BCUT2D eigenvalue weighted by Crippen LogP contribution is -2.42. The summed E-state index contributed by atoms with van der Waals surface area (Å²) in [6.45, 7) is 9.78. The summed E-state index contributed by atoms with van der Waals surface area (Å²) in [6, 6.07) is 2.25. The van der Waals surface area contributed by atoms with Gasteiger partial charge in [0, 0.05) is 33.3 Å². The van der Waals surface area contributed by atoms with E-state index in [1.165, 1.54) is 9.35 Å². The van der Waals surface area contributed by atoms with Gasteiger partial charge in [0.25, 0.3) is 0 Å². The van der Waals surface area contributed by atoms with Crippen LogP contribution in [0.3, 0.4) is 0 Å². The van der Waals surface area contributed by atoms with Crippen LogP contribution in [0.15, 0.2) is 15.9 Å². The van der Waals surface area contributed by atoms with Crippen LogP contribution < -0.4 is 5.32 Å². The Bertz CT molecular complexity index is 407. The number of thiophene rings is 1. The zero-order valence-corrected chi connectivity index (χ0v) is 14.4. The van der Waals surface area contributed by atoms with Crippen LogP contribution in [-0.4, -0.2) is 25.8 Å². The van der Waals surface area contributed by atoms with E-state index in [2.05, 4.69) is 53.5 Å². The highest BCUT2D eigenvalue weighted by Gasteiger charge is 2.41. The molecule has 1 fully saturated rings. The van der Waals surface area contributed by atoms with Gasteiger partial charge in [-0.2, -0.15) is 0 Å². The Balaban J connectivity index is 2.02. The molecule has 0 spiro atoms. The molecule has 2 heterocycles. The predicted octanol–water partition coefficient (Wildman–Crippen LogP) is 4.09. The minimum atomic E-state index is 0.263. The van der Waals surface area contributed by atoms with E-state index >= 15 is 0 Å². The smallest absolute Gasteiger partial charge is 0.0619 e. The number of hydrogen-bond donors (Lipinski definition) is 1. The zero-order valence-electron chi connectivity index (χ0n) is 12.0. The Morgan fingerprint density at radius 2 is 2.37 bits per heavy atom. The average molecular weight is 346 g/mol. The minimum Gasteiger partial charge on any atom is -0.378 e. The van der Waals surface area contributed by atoms with Gasteiger partial charge >= 0.3 is 0 Å². The SMILES string of the molecule is CC(C)CNCC1(Cc2cc(Br)cs2)CCOC1C. The highest BCUT2D eigenvalue weighted by Crippen LogP contribution is 2.39. The summed E-state index contributed by atoms with van der Waals surface area (Å²) in [6.07, 6.45) is 2.62. The molecule has 2 unspecified atom stereocenters. The maximum atomic E-state index is 5.86. The predicted molar refractivity (Wildman–Crippen MR) is 85.9 cm³/mol. The van der Waals surface area contributed by atoms with Crippen LogP contribution in [0.4, 0.5) is 0 Å². The van der Waals surface area contributed by atoms with E-state index in [1.54, 1.807) is 0 Å². The van der Waals surface area contributed by atoms with Crippen molar-refractivity contribution in [2.45, 2.75) is 39.7 Å². The van der Waals surface area contributed by atoms with Crippen LogP contribution >= 0.6 is 27.3 Å². The van der Waals surface area contributed by atoms with Crippen LogP contribution in [0.1, 0.15) is 32.1 Å². The molecule has 0 saturated carbocycles. The third-order valence-corrected chi connectivity index (χ3v) is 5.71. The van der Waals surface area contributed by atoms with E-state index in [9.17, 15) is 0 Å². The Hall–Kier alpha value is 0.1000. The average Bonchev–Trinajstić information content (AvgIpc) is 2.87. The normalized spacial score (nSPS) is 27.3. The highest BCUT2D eigenvalue weighted by molar-refractivity contribution is 9.10. The molecule has 1 aliphatic heterocycles. The molecular weight excluding hydrogens is 322 g/mol. The summed E-state index contributed by atoms with van der Waals surface area (Å²) in [4.78, 5) is 1.45. The Labute approximate surface area is 129 Å². The first-order valence-electron chi connectivity index (χ1n) is 7.07. The third-order valence-electron chi connectivity index (χ3n) is 4.01. The van der Waals surface area contributed by atoms with Gasteiger partial charge in [0.05, 0.1) is 6.10 Å². The third kappa shape index (κ3) is 4.03. The first-order chi connectivity index (χ1) is 9.02. The van der Waals surface area contributed by atoms with Gasteiger partial charge in [-0.3, -0.25) is 0 Å². The van der Waals surface area contributed by atoms with Gasteiger partial charge in [-0.15, -0.1) is 11.3 Å². The second-order valence-electron chi connectivity index (χ2n) is 6.06. The fourth-order valence-electron chi connectivity index (χ4n) is 2.75. The molecule has 0 bridgehead atoms. The molecule has 0 amide bonds. The Morgan fingerprint density at radius 3 is 2.89 bits per heavy atom. The van der Waals surface area contributed by atoms with Crippen molar-refractivity contribution in [3.8, 4) is 0 Å². The first-order valence-corrected chi connectivity index (χ1v) is 8.74. The van der Waals surface area contributed by atoms with Crippen molar-refractivity contribution in [3.05, 3.63) is 20.8 Å². The van der Waals surface area contributed by atoms with Gasteiger partial charge < -0.3 is 10.1 Å². The molecule has 0 aromatic carbocycles. The molecule has 1 aromatic heterocycles. The van der Waals surface area contributed by atoms with Crippen molar-refractivity contribution in [3.63, 3.8) is 0 Å². The molecule has 1 aliphatic rings. The van der Waals surface area contributed by atoms with E-state index in [1.807, 2.05) is 11.3 Å². The van der Waals surface area contributed by atoms with Crippen molar-refractivity contribution < 1.29 is 4.74 Å². The summed E-state index contributed by atoms with van der Waals surface area (Å²) in [5.41, 5.74) is 0.263. The van der Waals surface area contributed by atoms with Crippen LogP contribution in [0.2, 0.25) is 0 Å². The van der Waals surface area contributed by atoms with Crippen LogP contribution in [0.25, 0.3) is 0 Å². The van der Waals surface area contributed by atoms with E-state index < -0.39 is 0 Å². The van der Waals surface area contributed by atoms with E-state index in [0.717, 1.165) is 32.5 Å². The molecule has 108 valence electrons. The maximum Gasteiger partial charge on any atom is 0.0619 e. The van der Waals surface area contributed by atoms with Crippen LogP contribution in [0, 0.1) is 11.3 Å². The Kier molecular flexibility index (Phi) is 5.46. The van der Waals surface area contributed by atoms with Gasteiger partial charge in [-0.05, 0) is 54.2 Å². The zero-order chi connectivity index (χ0) is 13.9. The van der Waals surface area contributed by atoms with Crippen molar-refractivity contribution >= 4 is 27.3 Å². The molecule has 2 atom stereocenters. The van der Waals surface area contributed by atoms with Crippen LogP contribution in [0.5, 0.6) is 0 Å². The fraction of sp³-hybridized carbons (Fsp3) is 0.733. The highest BCUT2D eigenvalue weighted by atomic mass is 79.9. The lowest BCUT2D eigenvalue weighted by Gasteiger charge is -2.32. The van der Waals surface area contributed by atoms with Crippen LogP contribution in [-0.2, 0) is 11.2 Å². The second-order valence-corrected chi connectivity index (χ2v) is 7.97. The lowest BCUT2D eigenvalue weighted by atomic mass is 9.78. The van der Waals surface area contributed by atoms with E-state index in [-0.39, 0.29) is 5.41 Å². The molecule has 2 rings (SSSR count). The first kappa shape index (κ1) is 15.5. The molecule has 19 heavy (non-hydrogen) atoms. The van der Waals surface area contributed by atoms with Gasteiger partial charge in [0.15, 0.2) is 0 Å². The van der Waals surface area contributed by atoms with Crippen molar-refractivity contribution in [1.29, 1.82) is 0 Å². The van der Waals surface area contributed by atoms with Crippen molar-refractivity contribution in [1.82, 2.24) is 5.32 Å². The molecule has 0 aliphatic carbocycles. The van der Waals surface area contributed by atoms with Crippen molar-refractivity contribution in [2.75, 3.05) is 19.7 Å². The van der Waals surface area contributed by atoms with Gasteiger partial charge in [-0.25, -0.2) is 0 Å². The summed E-state index contributed by atoms with van der Waals surface area (Å²) in [5, 5.41) is 5.81. The largest absolute Gasteiger partial charge is 0.378 e. The van der Waals surface area contributed by atoms with Gasteiger partial charge in [0.1, 0.15) is 0 Å². The standard InChI is InChI=1S/C15H24BrNOS/c1-11(2)8-17-10-15(4-5-18-12(15)3)7-14-6-13(16)9-19-14/h6,9,11-12,17H,4-5,7-8,10H2,1-3H3. The molecule has 4 heteroatoms. The minimum absolute atomic E-state index is 0.263. The summed E-state index contributed by atoms with van der Waals surface area (Å²) >= 11 is 5.40. The molecule has 1 aromatic rings. The lowest BCUT2D eigenvalue weighted by molar-refractivity contribution is 0.0631. The summed E-state index contributed by atoms with van der Waals surface area (Å²) in [7, 11) is 0. The second kappa shape index (κ2) is 6.70. The number of halogens is 1. The summed E-state index contributed by atoms with van der Waals surface area (Å²) < 4.78 is 7.06. The van der Waals surface area contributed by atoms with Gasteiger partial charge in [0.2, 0.25) is 0 Å². The number of hydrogen-bond acceptors (Lipinski definition) is 3. The quantitative estimate of drug-likeness (QED) is 0.838. The molecule has 1 N–H and O–H groups in total.